The lowest BCUT2D eigenvalue weighted by atomic mass is 9.67. The van der Waals surface area contributed by atoms with Gasteiger partial charge in [-0.15, -0.1) is 0 Å². The lowest BCUT2D eigenvalue weighted by molar-refractivity contribution is -0.109. The van der Waals surface area contributed by atoms with Gasteiger partial charge in [0.05, 0.1) is 5.60 Å². The molecule has 1 saturated carbocycles. The zero-order valence-electron chi connectivity index (χ0n) is 14.7. The molecule has 0 heterocycles. The van der Waals surface area contributed by atoms with Crippen molar-refractivity contribution in [1.29, 1.82) is 0 Å². The molecule has 120 valence electrons. The van der Waals surface area contributed by atoms with E-state index in [0.717, 1.165) is 19.1 Å². The van der Waals surface area contributed by atoms with Gasteiger partial charge < -0.3 is 10.1 Å². The summed E-state index contributed by atoms with van der Waals surface area (Å²) >= 11 is 0. The third-order valence-corrected chi connectivity index (χ3v) is 5.30. The predicted octanol–water partition coefficient (Wildman–Crippen LogP) is 4.78. The number of hydrogen-bond donors (Lipinski definition) is 1. The molecular formula is C18H37NO. The van der Waals surface area contributed by atoms with Crippen LogP contribution >= 0.6 is 0 Å². The van der Waals surface area contributed by atoms with E-state index in [-0.39, 0.29) is 5.60 Å². The molecule has 1 aliphatic rings. The third-order valence-electron chi connectivity index (χ3n) is 5.30. The van der Waals surface area contributed by atoms with Gasteiger partial charge in [-0.2, -0.15) is 0 Å². The second-order valence-electron chi connectivity index (χ2n) is 7.52. The molecule has 2 atom stereocenters. The van der Waals surface area contributed by atoms with Crippen molar-refractivity contribution in [3.05, 3.63) is 0 Å². The van der Waals surface area contributed by atoms with E-state index in [0.29, 0.717) is 11.5 Å². The zero-order chi connectivity index (χ0) is 15.2. The summed E-state index contributed by atoms with van der Waals surface area (Å²) in [7, 11) is 0. The molecule has 2 unspecified atom stereocenters. The second-order valence-corrected chi connectivity index (χ2v) is 7.52. The first-order valence-corrected chi connectivity index (χ1v) is 8.76. The fourth-order valence-corrected chi connectivity index (χ4v) is 3.53. The van der Waals surface area contributed by atoms with Gasteiger partial charge in [0.1, 0.15) is 0 Å². The van der Waals surface area contributed by atoms with Gasteiger partial charge in [-0.25, -0.2) is 0 Å². The minimum absolute atomic E-state index is 0.0731. The second kappa shape index (κ2) is 7.79. The van der Waals surface area contributed by atoms with Crippen LogP contribution < -0.4 is 5.32 Å². The van der Waals surface area contributed by atoms with Crippen molar-refractivity contribution in [3.8, 4) is 0 Å². The molecule has 0 aromatic heterocycles. The molecule has 20 heavy (non-hydrogen) atoms. The molecule has 0 aliphatic heterocycles. The highest BCUT2D eigenvalue weighted by Gasteiger charge is 2.44. The fourth-order valence-electron chi connectivity index (χ4n) is 3.53. The van der Waals surface area contributed by atoms with E-state index in [1.54, 1.807) is 0 Å². The maximum atomic E-state index is 6.36. The van der Waals surface area contributed by atoms with Crippen LogP contribution in [0.3, 0.4) is 0 Å². The highest BCUT2D eigenvalue weighted by Crippen LogP contribution is 2.44. The van der Waals surface area contributed by atoms with Gasteiger partial charge in [-0.1, -0.05) is 41.0 Å². The van der Waals surface area contributed by atoms with Crippen LogP contribution in [0.1, 0.15) is 80.1 Å². The van der Waals surface area contributed by atoms with Gasteiger partial charge in [0, 0.05) is 12.6 Å². The average Bonchev–Trinajstić information content (AvgIpc) is 2.41. The first-order valence-electron chi connectivity index (χ1n) is 8.76. The lowest BCUT2D eigenvalue weighted by Crippen LogP contribution is -2.55. The van der Waals surface area contributed by atoms with Gasteiger partial charge in [0.2, 0.25) is 0 Å². The Morgan fingerprint density at radius 3 is 2.10 bits per heavy atom. The van der Waals surface area contributed by atoms with Gasteiger partial charge in [-0.05, 0) is 56.9 Å². The van der Waals surface area contributed by atoms with E-state index in [1.165, 1.54) is 38.5 Å². The van der Waals surface area contributed by atoms with Crippen molar-refractivity contribution < 1.29 is 4.74 Å². The molecule has 1 fully saturated rings. The molecule has 0 radical (unpaired) electrons. The molecule has 1 N–H and O–H groups in total. The number of rotatable bonds is 8. The Kier molecular flexibility index (Phi) is 7.00. The van der Waals surface area contributed by atoms with E-state index < -0.39 is 0 Å². The maximum Gasteiger partial charge on any atom is 0.0835 e. The molecule has 1 aliphatic carbocycles. The monoisotopic (exact) mass is 283 g/mol. The Morgan fingerprint density at radius 1 is 1.05 bits per heavy atom. The lowest BCUT2D eigenvalue weighted by Gasteiger charge is -2.48. The minimum atomic E-state index is 0.0731. The smallest absolute Gasteiger partial charge is 0.0835 e. The van der Waals surface area contributed by atoms with Gasteiger partial charge >= 0.3 is 0 Å². The summed E-state index contributed by atoms with van der Waals surface area (Å²) in [5, 5.41) is 3.75. The van der Waals surface area contributed by atoms with Gasteiger partial charge in [-0.3, -0.25) is 0 Å². The van der Waals surface area contributed by atoms with E-state index in [1.807, 2.05) is 0 Å². The van der Waals surface area contributed by atoms with Crippen LogP contribution in [0.2, 0.25) is 0 Å². The van der Waals surface area contributed by atoms with E-state index >= 15 is 0 Å². The van der Waals surface area contributed by atoms with Crippen LogP contribution in [0.5, 0.6) is 0 Å². The number of ether oxygens (including phenoxy) is 1. The Bertz CT molecular complexity index is 265. The van der Waals surface area contributed by atoms with E-state index in [9.17, 15) is 0 Å². The van der Waals surface area contributed by atoms with Crippen molar-refractivity contribution >= 4 is 0 Å². The molecule has 0 spiro atoms. The van der Waals surface area contributed by atoms with Crippen LogP contribution in [0.15, 0.2) is 0 Å². The van der Waals surface area contributed by atoms with E-state index in [4.69, 9.17) is 4.74 Å². The Hall–Kier alpha value is -0.0800. The van der Waals surface area contributed by atoms with Crippen LogP contribution in [0.25, 0.3) is 0 Å². The standard InChI is InChI=1S/C18H37NO/c1-7-15(4)14-16(19-8-2)18(20-9-3)12-10-17(5,6)11-13-18/h15-16,19H,7-14H2,1-6H3. The highest BCUT2D eigenvalue weighted by molar-refractivity contribution is 4.99. The first kappa shape index (κ1) is 18.0. The van der Waals surface area contributed by atoms with Crippen LogP contribution in [0.4, 0.5) is 0 Å². The largest absolute Gasteiger partial charge is 0.374 e. The summed E-state index contributed by atoms with van der Waals surface area (Å²) < 4.78 is 6.36. The molecule has 2 nitrogen and oxygen atoms in total. The number of likely N-dealkylation sites (N-methyl/N-ethyl adjacent to an activating group) is 1. The Balaban J connectivity index is 2.84. The maximum absolute atomic E-state index is 6.36. The first-order chi connectivity index (χ1) is 9.39. The van der Waals surface area contributed by atoms with Crippen LogP contribution in [0, 0.1) is 11.3 Å². The van der Waals surface area contributed by atoms with Crippen LogP contribution in [-0.4, -0.2) is 24.8 Å². The van der Waals surface area contributed by atoms with E-state index in [2.05, 4.69) is 46.9 Å². The molecule has 1 rings (SSSR count). The number of nitrogens with one attached hydrogen (secondary N) is 1. The molecule has 0 aromatic rings. The average molecular weight is 284 g/mol. The molecular weight excluding hydrogens is 246 g/mol. The Morgan fingerprint density at radius 2 is 1.65 bits per heavy atom. The SMILES string of the molecule is CCNC(CC(C)CC)C1(OCC)CCC(C)(C)CC1. The summed E-state index contributed by atoms with van der Waals surface area (Å²) in [6, 6.07) is 0.513. The highest BCUT2D eigenvalue weighted by atomic mass is 16.5. The van der Waals surface area contributed by atoms with Crippen molar-refractivity contribution in [2.24, 2.45) is 11.3 Å². The van der Waals surface area contributed by atoms with Crippen molar-refractivity contribution in [2.75, 3.05) is 13.2 Å². The summed E-state index contributed by atoms with van der Waals surface area (Å²) in [4.78, 5) is 0. The molecule has 2 heteroatoms. The molecule has 0 saturated heterocycles. The molecule has 0 aromatic carbocycles. The normalized spacial score (nSPS) is 24.3. The zero-order valence-corrected chi connectivity index (χ0v) is 14.7. The topological polar surface area (TPSA) is 21.3 Å². The minimum Gasteiger partial charge on any atom is -0.374 e. The molecule has 0 amide bonds. The summed E-state index contributed by atoms with van der Waals surface area (Å²) in [5.74, 6) is 0.770. The Labute approximate surface area is 127 Å². The molecule has 0 bridgehead atoms. The fraction of sp³-hybridized carbons (Fsp3) is 1.00. The van der Waals surface area contributed by atoms with Gasteiger partial charge in [0.25, 0.3) is 0 Å². The third kappa shape index (κ3) is 4.73. The van der Waals surface area contributed by atoms with Crippen LogP contribution in [-0.2, 0) is 4.74 Å². The number of hydrogen-bond acceptors (Lipinski definition) is 2. The summed E-state index contributed by atoms with van der Waals surface area (Å²) in [6.45, 7) is 15.7. The summed E-state index contributed by atoms with van der Waals surface area (Å²) in [5.41, 5.74) is 0.567. The van der Waals surface area contributed by atoms with Crippen molar-refractivity contribution in [3.63, 3.8) is 0 Å². The van der Waals surface area contributed by atoms with Crippen molar-refractivity contribution in [1.82, 2.24) is 5.32 Å². The van der Waals surface area contributed by atoms with Crippen molar-refractivity contribution in [2.45, 2.75) is 91.7 Å². The summed E-state index contributed by atoms with van der Waals surface area (Å²) in [6.07, 6.45) is 7.50. The quantitative estimate of drug-likeness (QED) is 0.692. The predicted molar refractivity (Wildman–Crippen MR) is 88.1 cm³/mol. The van der Waals surface area contributed by atoms with Gasteiger partial charge in [0.15, 0.2) is 0 Å².